The van der Waals surface area contributed by atoms with Crippen molar-refractivity contribution >= 4 is 52.6 Å². The number of nitrogens with zero attached hydrogens (tertiary/aromatic N) is 2. The molecule has 2 saturated heterocycles. The Kier molecular flexibility index (Phi) is 10.1. The predicted molar refractivity (Wildman–Crippen MR) is 155 cm³/mol. The summed E-state index contributed by atoms with van der Waals surface area (Å²) < 4.78 is 14.3. The van der Waals surface area contributed by atoms with Gasteiger partial charge in [-0.25, -0.2) is 14.2 Å². The second-order valence-electron chi connectivity index (χ2n) is 10.8. The molecule has 2 N–H and O–H groups in total. The number of aliphatic carboxylic acids is 1. The van der Waals surface area contributed by atoms with E-state index in [-0.39, 0.29) is 46.3 Å². The van der Waals surface area contributed by atoms with Gasteiger partial charge < -0.3 is 39.3 Å². The molecular formula is C29H27N4NaO11S. The van der Waals surface area contributed by atoms with Crippen LogP contribution in [0.15, 0.2) is 62.5 Å². The molecule has 1 aromatic heterocycles. The quantitative estimate of drug-likeness (QED) is 0.106. The minimum absolute atomic E-state index is 0. The standard InChI is InChI=1S/C29H28N4O11S.Na/c1-13(32-23(36)15-11-8-12-16(43-28(41)42-4)19(15)44-27(32)40)21(34)30-17(14-9-6-5-7-10-14)22(35)31-18-24(37)33-20(26(38)39)29(2,3)45-25(18)33;/h5-13,17-18,20,25H,1-4H3,(H,30,34)(H,31,35)(H,38,39);/q;+1/p-1/t13-,17+,18+,20-,25+;/m0./s1. The topological polar surface area (TPSA) is 206 Å². The Bertz CT molecular complexity index is 1840. The van der Waals surface area contributed by atoms with E-state index in [1.54, 1.807) is 44.2 Å². The number of nitrogens with one attached hydrogen (secondary N) is 2. The number of ether oxygens (including phenoxy) is 2. The molecule has 0 aliphatic carbocycles. The third-order valence-electron chi connectivity index (χ3n) is 7.58. The number of methoxy groups -OCH3 is 1. The Hall–Kier alpha value is -4.12. The molecule has 2 aliphatic heterocycles. The van der Waals surface area contributed by atoms with Gasteiger partial charge in [0.05, 0.1) is 24.5 Å². The molecule has 0 unspecified atom stereocenters. The second kappa shape index (κ2) is 13.3. The van der Waals surface area contributed by atoms with Crippen molar-refractivity contribution in [2.24, 2.45) is 0 Å². The van der Waals surface area contributed by atoms with E-state index in [1.165, 1.54) is 36.9 Å². The predicted octanol–water partition coefficient (Wildman–Crippen LogP) is -3.18. The van der Waals surface area contributed by atoms with Crippen LogP contribution in [0.5, 0.6) is 5.75 Å². The average molecular weight is 663 g/mol. The summed E-state index contributed by atoms with van der Waals surface area (Å²) >= 11 is 1.21. The number of hydrogen-bond acceptors (Lipinski definition) is 12. The van der Waals surface area contributed by atoms with E-state index in [0.717, 1.165) is 12.0 Å². The van der Waals surface area contributed by atoms with Crippen LogP contribution < -0.4 is 61.3 Å². The molecule has 5 atom stereocenters. The van der Waals surface area contributed by atoms with Gasteiger partial charge in [-0.05, 0) is 38.5 Å². The largest absolute Gasteiger partial charge is 1.00 e. The maximum Gasteiger partial charge on any atom is 1.00 e. The average Bonchev–Trinajstić information content (AvgIpc) is 3.26. The van der Waals surface area contributed by atoms with Gasteiger partial charge in [-0.15, -0.1) is 11.8 Å². The van der Waals surface area contributed by atoms with Crippen molar-refractivity contribution in [2.45, 2.75) is 55.1 Å². The Morgan fingerprint density at radius 2 is 1.70 bits per heavy atom. The third kappa shape index (κ3) is 6.17. The summed E-state index contributed by atoms with van der Waals surface area (Å²) in [5.41, 5.74) is -0.937. The summed E-state index contributed by atoms with van der Waals surface area (Å²) in [6.07, 6.45) is -1.11. The number of rotatable bonds is 8. The van der Waals surface area contributed by atoms with Gasteiger partial charge in [0.1, 0.15) is 23.5 Å². The number of carboxylic acid groups (broad SMARTS) is 1. The van der Waals surface area contributed by atoms with Crippen LogP contribution in [0.1, 0.15) is 38.4 Å². The van der Waals surface area contributed by atoms with Gasteiger partial charge in [0.2, 0.25) is 17.7 Å². The summed E-state index contributed by atoms with van der Waals surface area (Å²) in [4.78, 5) is 90.7. The summed E-state index contributed by atoms with van der Waals surface area (Å²) in [5, 5.41) is 16.0. The first-order chi connectivity index (χ1) is 21.3. The number of carbonyl (C=O) groups excluding carboxylic acids is 5. The molecule has 3 aromatic rings. The van der Waals surface area contributed by atoms with E-state index in [9.17, 15) is 38.7 Å². The summed E-state index contributed by atoms with van der Waals surface area (Å²) in [6.45, 7) is 4.57. The molecule has 0 saturated carbocycles. The number of carbonyl (C=O) groups is 5. The van der Waals surface area contributed by atoms with Crippen molar-refractivity contribution in [1.82, 2.24) is 20.1 Å². The number of carboxylic acids is 1. The normalized spacial score (nSPS) is 20.7. The third-order valence-corrected chi connectivity index (χ3v) is 9.16. The fourth-order valence-corrected chi connectivity index (χ4v) is 6.99. The molecule has 0 bridgehead atoms. The van der Waals surface area contributed by atoms with Gasteiger partial charge in [-0.1, -0.05) is 36.4 Å². The number of aromatic nitrogens is 1. The Labute approximate surface area is 286 Å². The first-order valence-corrected chi connectivity index (χ1v) is 14.5. The first-order valence-electron chi connectivity index (χ1n) is 13.6. The number of fused-ring (bicyclic) bond motifs is 2. The molecule has 0 radical (unpaired) electrons. The van der Waals surface area contributed by atoms with Crippen LogP contribution in [0.2, 0.25) is 0 Å². The summed E-state index contributed by atoms with van der Waals surface area (Å²) in [7, 11) is 1.07. The van der Waals surface area contributed by atoms with Crippen LogP contribution in [0.25, 0.3) is 11.0 Å². The Morgan fingerprint density at radius 3 is 2.33 bits per heavy atom. The monoisotopic (exact) mass is 662 g/mol. The molecule has 46 heavy (non-hydrogen) atoms. The van der Waals surface area contributed by atoms with Crippen molar-refractivity contribution in [3.63, 3.8) is 0 Å². The minimum atomic E-state index is -1.49. The Balaban J connectivity index is 0.00000480. The van der Waals surface area contributed by atoms with Crippen molar-refractivity contribution in [3.8, 4) is 5.75 Å². The van der Waals surface area contributed by atoms with E-state index in [0.29, 0.717) is 10.1 Å². The number of amides is 3. The van der Waals surface area contributed by atoms with Crippen LogP contribution >= 0.6 is 11.8 Å². The molecular weight excluding hydrogens is 635 g/mol. The molecule has 5 rings (SSSR count). The SMILES string of the molecule is COC(=O)Oc1cccc2c(=O)n([C@@H](C)C(=O)N[C@@H](C(=O)N[C@@H]3C(=O)N4[C@@H]3SC(C)(C)[C@@H]4C(=O)[O-])c3ccccc3)c(=O)oc12.[Na+]. The number of para-hydroxylation sites is 1. The smallest absolute Gasteiger partial charge is 0.548 e. The van der Waals surface area contributed by atoms with Gasteiger partial charge in [-0.2, -0.15) is 0 Å². The van der Waals surface area contributed by atoms with E-state index >= 15 is 0 Å². The van der Waals surface area contributed by atoms with E-state index in [1.807, 2.05) is 0 Å². The number of benzene rings is 2. The van der Waals surface area contributed by atoms with E-state index in [2.05, 4.69) is 15.4 Å². The van der Waals surface area contributed by atoms with Gasteiger partial charge in [0.15, 0.2) is 11.3 Å². The zero-order valence-corrected chi connectivity index (χ0v) is 28.1. The molecule has 0 spiro atoms. The van der Waals surface area contributed by atoms with Gasteiger partial charge in [0, 0.05) is 4.75 Å². The molecule has 3 heterocycles. The van der Waals surface area contributed by atoms with Crippen molar-refractivity contribution in [1.29, 1.82) is 0 Å². The molecule has 2 fully saturated rings. The van der Waals surface area contributed by atoms with Gasteiger partial charge >= 0.3 is 41.5 Å². The molecule has 3 amide bonds. The summed E-state index contributed by atoms with van der Waals surface area (Å²) in [6, 6.07) is 6.89. The first kappa shape index (κ1) is 34.7. The Morgan fingerprint density at radius 1 is 1.02 bits per heavy atom. The molecule has 17 heteroatoms. The summed E-state index contributed by atoms with van der Waals surface area (Å²) in [5.74, 6) is -5.19. The zero-order chi connectivity index (χ0) is 32.8. The van der Waals surface area contributed by atoms with E-state index < -0.39 is 75.4 Å². The zero-order valence-electron chi connectivity index (χ0n) is 25.3. The van der Waals surface area contributed by atoms with E-state index in [4.69, 9.17) is 9.15 Å². The van der Waals surface area contributed by atoms with Crippen molar-refractivity contribution < 1.29 is 72.5 Å². The molecule has 236 valence electrons. The maximum absolute atomic E-state index is 13.6. The van der Waals surface area contributed by atoms with Crippen LogP contribution in [-0.4, -0.2) is 68.6 Å². The molecule has 15 nitrogen and oxygen atoms in total. The molecule has 2 aromatic carbocycles. The second-order valence-corrected chi connectivity index (χ2v) is 12.6. The fourth-order valence-electron chi connectivity index (χ4n) is 5.37. The van der Waals surface area contributed by atoms with Gasteiger partial charge in [-0.3, -0.25) is 19.2 Å². The minimum Gasteiger partial charge on any atom is -0.548 e. The van der Waals surface area contributed by atoms with Crippen LogP contribution in [-0.2, 0) is 23.9 Å². The fraction of sp³-hybridized carbons (Fsp3) is 0.345. The van der Waals surface area contributed by atoms with Crippen LogP contribution in [0.3, 0.4) is 0 Å². The van der Waals surface area contributed by atoms with Gasteiger partial charge in [0.25, 0.3) is 5.56 Å². The van der Waals surface area contributed by atoms with Crippen molar-refractivity contribution in [2.75, 3.05) is 7.11 Å². The molecule has 2 aliphatic rings. The van der Waals surface area contributed by atoms with Crippen LogP contribution in [0, 0.1) is 0 Å². The van der Waals surface area contributed by atoms with Crippen molar-refractivity contribution in [3.05, 3.63) is 75.0 Å². The number of β-lactam (4-membered cyclic amide) rings is 1. The number of hydrogen-bond donors (Lipinski definition) is 2. The maximum atomic E-state index is 13.6. The number of thioether (sulfide) groups is 1. The van der Waals surface area contributed by atoms with Crippen LogP contribution in [0.4, 0.5) is 4.79 Å².